The van der Waals surface area contributed by atoms with Crippen molar-refractivity contribution in [3.63, 3.8) is 0 Å². The maximum absolute atomic E-state index is 12.5. The molecular formula is C19H25N3O3S3. The lowest BCUT2D eigenvalue weighted by Crippen LogP contribution is -2.52. The third-order valence-corrected chi connectivity index (χ3v) is 9.44. The van der Waals surface area contributed by atoms with Gasteiger partial charge in [0.15, 0.2) is 14.2 Å². The Bertz CT molecular complexity index is 903. The van der Waals surface area contributed by atoms with E-state index in [9.17, 15) is 13.2 Å². The van der Waals surface area contributed by atoms with Crippen LogP contribution in [0.1, 0.15) is 19.3 Å². The van der Waals surface area contributed by atoms with Crippen molar-refractivity contribution in [3.05, 3.63) is 24.3 Å². The Morgan fingerprint density at radius 2 is 2.00 bits per heavy atom. The maximum Gasteiger partial charge on any atom is 0.222 e. The first-order valence-corrected chi connectivity index (χ1v) is 13.3. The molecule has 28 heavy (non-hydrogen) atoms. The number of thiazole rings is 1. The second kappa shape index (κ2) is 8.69. The number of rotatable bonds is 6. The molecule has 2 aromatic rings. The lowest BCUT2D eigenvalue weighted by atomic mass is 10.2. The molecular weight excluding hydrogens is 414 g/mol. The number of nitrogens with zero attached hydrogens (tertiary/aromatic N) is 3. The van der Waals surface area contributed by atoms with E-state index in [0.717, 1.165) is 41.5 Å². The van der Waals surface area contributed by atoms with E-state index in [2.05, 4.69) is 16.0 Å². The standard InChI is InChI=1S/C19H25N3O3S3/c23-18(6-3-12-26-19-20-16-4-1-2-5-17(16)27-19)22-10-8-21(9-11-22)15-7-13-28(24,25)14-15/h1-2,4-5,15H,3,6-14H2/t15-/m1/s1. The van der Waals surface area contributed by atoms with E-state index in [0.29, 0.717) is 25.3 Å². The highest BCUT2D eigenvalue weighted by Crippen LogP contribution is 2.29. The molecule has 0 radical (unpaired) electrons. The zero-order chi connectivity index (χ0) is 19.6. The Morgan fingerprint density at radius 1 is 1.21 bits per heavy atom. The monoisotopic (exact) mass is 439 g/mol. The first-order chi connectivity index (χ1) is 13.5. The Kier molecular flexibility index (Phi) is 6.24. The number of aromatic nitrogens is 1. The number of thioether (sulfide) groups is 1. The fourth-order valence-corrected chi connectivity index (χ4v) is 7.69. The molecule has 2 aliphatic rings. The van der Waals surface area contributed by atoms with Crippen LogP contribution in [0.4, 0.5) is 0 Å². The van der Waals surface area contributed by atoms with Crippen molar-refractivity contribution in [2.24, 2.45) is 0 Å². The van der Waals surface area contributed by atoms with Gasteiger partial charge in [0.2, 0.25) is 5.91 Å². The van der Waals surface area contributed by atoms with Gasteiger partial charge in [-0.3, -0.25) is 9.69 Å². The molecule has 1 aromatic carbocycles. The van der Waals surface area contributed by atoms with Crippen LogP contribution in [-0.4, -0.2) is 78.6 Å². The number of carbonyl (C=O) groups excluding carboxylic acids is 1. The third-order valence-electron chi connectivity index (χ3n) is 5.43. The van der Waals surface area contributed by atoms with Gasteiger partial charge in [0, 0.05) is 44.4 Å². The molecule has 1 atom stereocenters. The van der Waals surface area contributed by atoms with Gasteiger partial charge in [-0.15, -0.1) is 11.3 Å². The summed E-state index contributed by atoms with van der Waals surface area (Å²) in [6, 6.07) is 8.29. The highest BCUT2D eigenvalue weighted by molar-refractivity contribution is 8.01. The number of carbonyl (C=O) groups is 1. The highest BCUT2D eigenvalue weighted by atomic mass is 32.2. The minimum absolute atomic E-state index is 0.146. The van der Waals surface area contributed by atoms with Gasteiger partial charge in [-0.1, -0.05) is 23.9 Å². The van der Waals surface area contributed by atoms with Crippen molar-refractivity contribution < 1.29 is 13.2 Å². The second-order valence-electron chi connectivity index (χ2n) is 7.37. The molecule has 0 N–H and O–H groups in total. The van der Waals surface area contributed by atoms with Crippen molar-refractivity contribution in [2.75, 3.05) is 43.4 Å². The average molecular weight is 440 g/mol. The van der Waals surface area contributed by atoms with Gasteiger partial charge in [-0.2, -0.15) is 0 Å². The lowest BCUT2D eigenvalue weighted by Gasteiger charge is -2.37. The topological polar surface area (TPSA) is 70.6 Å². The summed E-state index contributed by atoms with van der Waals surface area (Å²) in [4.78, 5) is 21.3. The van der Waals surface area contributed by atoms with E-state index in [1.807, 2.05) is 23.1 Å². The molecule has 0 bridgehead atoms. The lowest BCUT2D eigenvalue weighted by molar-refractivity contribution is -0.133. The summed E-state index contributed by atoms with van der Waals surface area (Å²) >= 11 is 3.43. The summed E-state index contributed by atoms with van der Waals surface area (Å²) in [5, 5.41) is 0. The van der Waals surface area contributed by atoms with E-state index < -0.39 is 9.84 Å². The largest absolute Gasteiger partial charge is 0.340 e. The van der Waals surface area contributed by atoms with Gasteiger partial charge >= 0.3 is 0 Å². The Labute approximate surface area is 174 Å². The van der Waals surface area contributed by atoms with Crippen molar-refractivity contribution in [1.29, 1.82) is 0 Å². The summed E-state index contributed by atoms with van der Waals surface area (Å²) in [5.41, 5.74) is 1.04. The van der Waals surface area contributed by atoms with Crippen molar-refractivity contribution >= 4 is 49.1 Å². The maximum atomic E-state index is 12.5. The minimum Gasteiger partial charge on any atom is -0.340 e. The zero-order valence-electron chi connectivity index (χ0n) is 15.7. The zero-order valence-corrected chi connectivity index (χ0v) is 18.2. The number of benzene rings is 1. The summed E-state index contributed by atoms with van der Waals surface area (Å²) in [7, 11) is -2.85. The number of sulfone groups is 1. The molecule has 6 nitrogen and oxygen atoms in total. The van der Waals surface area contributed by atoms with Gasteiger partial charge in [0.25, 0.3) is 0 Å². The molecule has 9 heteroatoms. The van der Waals surface area contributed by atoms with Gasteiger partial charge in [-0.05, 0) is 25.0 Å². The molecule has 0 saturated carbocycles. The van der Waals surface area contributed by atoms with Crippen LogP contribution in [-0.2, 0) is 14.6 Å². The summed E-state index contributed by atoms with van der Waals surface area (Å²) in [6.07, 6.45) is 2.15. The first-order valence-electron chi connectivity index (χ1n) is 9.71. The molecule has 4 rings (SSSR count). The second-order valence-corrected chi connectivity index (χ2v) is 12.0. The molecule has 2 aliphatic heterocycles. The van der Waals surface area contributed by atoms with E-state index >= 15 is 0 Å². The summed E-state index contributed by atoms with van der Waals surface area (Å²) in [6.45, 7) is 2.99. The van der Waals surface area contributed by atoms with Crippen molar-refractivity contribution in [2.45, 2.75) is 29.6 Å². The normalized spacial score (nSPS) is 22.7. The molecule has 2 fully saturated rings. The number of amides is 1. The molecule has 0 spiro atoms. The van der Waals surface area contributed by atoms with E-state index in [-0.39, 0.29) is 17.7 Å². The van der Waals surface area contributed by atoms with Crippen molar-refractivity contribution in [3.8, 4) is 0 Å². The van der Waals surface area contributed by atoms with Crippen LogP contribution in [0.2, 0.25) is 0 Å². The van der Waals surface area contributed by atoms with Crippen LogP contribution in [0, 0.1) is 0 Å². The van der Waals surface area contributed by atoms with Crippen LogP contribution >= 0.6 is 23.1 Å². The number of hydrogen-bond donors (Lipinski definition) is 0. The van der Waals surface area contributed by atoms with Crippen LogP contribution < -0.4 is 0 Å². The quantitative estimate of drug-likeness (QED) is 0.509. The van der Waals surface area contributed by atoms with Crippen LogP contribution in [0.25, 0.3) is 10.2 Å². The predicted molar refractivity (Wildman–Crippen MR) is 115 cm³/mol. The van der Waals surface area contributed by atoms with Crippen LogP contribution in [0.3, 0.4) is 0 Å². The minimum atomic E-state index is -2.85. The number of piperazine rings is 1. The number of para-hydroxylation sites is 1. The molecule has 152 valence electrons. The molecule has 0 unspecified atom stereocenters. The molecule has 1 aromatic heterocycles. The van der Waals surface area contributed by atoms with Gasteiger partial charge in [0.1, 0.15) is 0 Å². The fourth-order valence-electron chi connectivity index (χ4n) is 3.85. The van der Waals surface area contributed by atoms with Crippen LogP contribution in [0.5, 0.6) is 0 Å². The molecule has 3 heterocycles. The van der Waals surface area contributed by atoms with E-state index in [1.165, 1.54) is 4.70 Å². The van der Waals surface area contributed by atoms with E-state index in [1.54, 1.807) is 23.1 Å². The average Bonchev–Trinajstić information content (AvgIpc) is 3.27. The number of fused-ring (bicyclic) bond motifs is 1. The van der Waals surface area contributed by atoms with Gasteiger partial charge in [-0.25, -0.2) is 13.4 Å². The Hall–Kier alpha value is -1.16. The van der Waals surface area contributed by atoms with E-state index in [4.69, 9.17) is 0 Å². The van der Waals surface area contributed by atoms with Gasteiger partial charge in [0.05, 0.1) is 21.7 Å². The Morgan fingerprint density at radius 3 is 2.71 bits per heavy atom. The highest BCUT2D eigenvalue weighted by Gasteiger charge is 2.34. The third kappa shape index (κ3) is 4.87. The van der Waals surface area contributed by atoms with Gasteiger partial charge < -0.3 is 4.90 Å². The first kappa shape index (κ1) is 20.1. The summed E-state index contributed by atoms with van der Waals surface area (Å²) in [5.74, 6) is 1.70. The SMILES string of the molecule is O=C(CCCSc1nc2ccccc2s1)N1CCN([C@@H]2CCS(=O)(=O)C2)CC1. The molecule has 2 saturated heterocycles. The number of hydrogen-bond acceptors (Lipinski definition) is 7. The smallest absolute Gasteiger partial charge is 0.222 e. The molecule has 1 amide bonds. The Balaban J connectivity index is 1.17. The van der Waals surface area contributed by atoms with Crippen molar-refractivity contribution in [1.82, 2.24) is 14.8 Å². The summed E-state index contributed by atoms with van der Waals surface area (Å²) < 4.78 is 25.6. The fraction of sp³-hybridized carbons (Fsp3) is 0.579. The molecule has 0 aliphatic carbocycles. The predicted octanol–water partition coefficient (Wildman–Crippen LogP) is 2.50. The van der Waals surface area contributed by atoms with Crippen LogP contribution in [0.15, 0.2) is 28.6 Å².